The molecule has 0 unspecified atom stereocenters. The Kier molecular flexibility index (Phi) is 6.15. The van der Waals surface area contributed by atoms with Crippen LogP contribution in [0.1, 0.15) is 12.5 Å². The lowest BCUT2D eigenvalue weighted by Crippen LogP contribution is -2.23. The number of nitrogens with one attached hydrogen (secondary N) is 2. The molecule has 0 aliphatic rings. The van der Waals surface area contributed by atoms with Crippen molar-refractivity contribution >= 4 is 46.0 Å². The first-order chi connectivity index (χ1) is 15.0. The molecule has 6 nitrogen and oxygen atoms in total. The third-order valence-electron chi connectivity index (χ3n) is 4.96. The number of amides is 1. The van der Waals surface area contributed by atoms with Crippen LogP contribution in [0, 0.1) is 6.92 Å². The van der Waals surface area contributed by atoms with E-state index in [1.807, 2.05) is 50.2 Å². The number of hydrogen-bond acceptors (Lipinski definition) is 4. The normalized spacial score (nSPS) is 11.1. The van der Waals surface area contributed by atoms with Crippen LogP contribution in [-0.2, 0) is 11.3 Å². The van der Waals surface area contributed by atoms with Crippen molar-refractivity contribution in [3.8, 4) is 11.1 Å². The molecule has 0 bridgehead atoms. The summed E-state index contributed by atoms with van der Waals surface area (Å²) in [6.07, 6.45) is 1.80. The third-order valence-corrected chi connectivity index (χ3v) is 6.17. The zero-order valence-electron chi connectivity index (χ0n) is 17.1. The van der Waals surface area contributed by atoms with Gasteiger partial charge < -0.3 is 10.3 Å². The van der Waals surface area contributed by atoms with E-state index in [1.165, 1.54) is 11.8 Å². The summed E-state index contributed by atoms with van der Waals surface area (Å²) >= 11 is 7.27. The molecule has 0 saturated heterocycles. The molecule has 31 heavy (non-hydrogen) atoms. The van der Waals surface area contributed by atoms with E-state index in [1.54, 1.807) is 22.9 Å². The van der Waals surface area contributed by atoms with Crippen molar-refractivity contribution in [2.75, 3.05) is 11.1 Å². The fraction of sp³-hybridized carbons (Fsp3) is 0.174. The summed E-state index contributed by atoms with van der Waals surface area (Å²) in [5.74, 6) is -0.0700. The van der Waals surface area contributed by atoms with Gasteiger partial charge in [-0.05, 0) is 37.1 Å². The van der Waals surface area contributed by atoms with E-state index in [-0.39, 0.29) is 17.2 Å². The molecule has 0 aliphatic heterocycles. The monoisotopic (exact) mass is 452 g/mol. The largest absolute Gasteiger partial charge is 0.355 e. The average Bonchev–Trinajstić information content (AvgIpc) is 3.20. The number of rotatable bonds is 6. The quantitative estimate of drug-likeness (QED) is 0.315. The van der Waals surface area contributed by atoms with Crippen molar-refractivity contribution in [2.24, 2.45) is 0 Å². The van der Waals surface area contributed by atoms with E-state index in [9.17, 15) is 9.59 Å². The number of aromatic nitrogens is 3. The molecule has 2 N–H and O–H groups in total. The maximum Gasteiger partial charge on any atom is 0.278 e. The Labute approximate surface area is 188 Å². The minimum Gasteiger partial charge on any atom is -0.355 e. The predicted molar refractivity (Wildman–Crippen MR) is 127 cm³/mol. The van der Waals surface area contributed by atoms with Gasteiger partial charge in [-0.1, -0.05) is 59.8 Å². The van der Waals surface area contributed by atoms with Crippen LogP contribution in [0.15, 0.2) is 64.7 Å². The molecule has 4 aromatic rings. The molecule has 0 saturated carbocycles. The number of aromatic amines is 1. The Morgan fingerprint density at radius 1 is 1.23 bits per heavy atom. The van der Waals surface area contributed by atoms with E-state index in [4.69, 9.17) is 16.6 Å². The third kappa shape index (κ3) is 4.38. The zero-order chi connectivity index (χ0) is 22.0. The highest BCUT2D eigenvalue weighted by Gasteiger charge is 2.17. The fourth-order valence-corrected chi connectivity index (χ4v) is 4.37. The van der Waals surface area contributed by atoms with Crippen LogP contribution in [0.25, 0.3) is 22.2 Å². The highest BCUT2D eigenvalue weighted by Crippen LogP contribution is 2.28. The number of H-pyrrole nitrogens is 1. The number of aryl methyl sites for hydroxylation is 1. The molecule has 2 aromatic carbocycles. The van der Waals surface area contributed by atoms with E-state index in [2.05, 4.69) is 10.3 Å². The lowest BCUT2D eigenvalue weighted by Gasteiger charge is -2.11. The van der Waals surface area contributed by atoms with Gasteiger partial charge in [-0.3, -0.25) is 14.2 Å². The Morgan fingerprint density at radius 2 is 2.00 bits per heavy atom. The SMILES string of the molecule is CCn1c(SCC(=O)Nc2cc(Cl)ccc2C)nc2c(-c3ccccc3)c[nH]c2c1=O. The summed E-state index contributed by atoms with van der Waals surface area (Å²) in [6.45, 7) is 4.24. The maximum atomic E-state index is 13.0. The van der Waals surface area contributed by atoms with Crippen molar-refractivity contribution in [3.05, 3.63) is 75.7 Å². The van der Waals surface area contributed by atoms with Crippen LogP contribution >= 0.6 is 23.4 Å². The van der Waals surface area contributed by atoms with E-state index >= 15 is 0 Å². The Hall–Kier alpha value is -3.03. The highest BCUT2D eigenvalue weighted by molar-refractivity contribution is 7.99. The number of fused-ring (bicyclic) bond motifs is 1. The molecule has 0 radical (unpaired) electrons. The zero-order valence-corrected chi connectivity index (χ0v) is 18.7. The molecular formula is C23H21ClN4O2S. The number of thioether (sulfide) groups is 1. The molecule has 158 valence electrons. The highest BCUT2D eigenvalue weighted by atomic mass is 35.5. The van der Waals surface area contributed by atoms with Gasteiger partial charge in [0.25, 0.3) is 5.56 Å². The molecule has 4 rings (SSSR count). The van der Waals surface area contributed by atoms with Crippen molar-refractivity contribution in [2.45, 2.75) is 25.5 Å². The number of benzene rings is 2. The van der Waals surface area contributed by atoms with Gasteiger partial charge in [0.05, 0.1) is 5.75 Å². The van der Waals surface area contributed by atoms with Crippen molar-refractivity contribution in [3.63, 3.8) is 0 Å². The van der Waals surface area contributed by atoms with Gasteiger partial charge in [-0.2, -0.15) is 0 Å². The number of carbonyl (C=O) groups excluding carboxylic acids is 1. The molecule has 2 aromatic heterocycles. The van der Waals surface area contributed by atoms with Gasteiger partial charge in [-0.25, -0.2) is 4.98 Å². The fourth-order valence-electron chi connectivity index (χ4n) is 3.34. The van der Waals surface area contributed by atoms with Gasteiger partial charge in [0.1, 0.15) is 11.0 Å². The topological polar surface area (TPSA) is 79.8 Å². The predicted octanol–water partition coefficient (Wildman–Crippen LogP) is 5.10. The first-order valence-corrected chi connectivity index (χ1v) is 11.2. The maximum absolute atomic E-state index is 13.0. The molecule has 1 amide bonds. The van der Waals surface area contributed by atoms with Gasteiger partial charge in [0.15, 0.2) is 5.16 Å². The molecule has 0 fully saturated rings. The molecular weight excluding hydrogens is 432 g/mol. The standard InChI is InChI=1S/C23H21ClN4O2S/c1-3-28-22(30)21-20(17(12-25-21)15-7-5-4-6-8-15)27-23(28)31-13-19(29)26-18-11-16(24)10-9-14(18)2/h4-12,25H,3,13H2,1-2H3,(H,26,29). The van der Waals surface area contributed by atoms with Crippen molar-refractivity contribution in [1.29, 1.82) is 0 Å². The van der Waals surface area contributed by atoms with Gasteiger partial charge in [-0.15, -0.1) is 0 Å². The summed E-state index contributed by atoms with van der Waals surface area (Å²) in [7, 11) is 0. The summed E-state index contributed by atoms with van der Waals surface area (Å²) < 4.78 is 1.58. The van der Waals surface area contributed by atoms with Crippen molar-refractivity contribution < 1.29 is 4.79 Å². The number of halogens is 1. The smallest absolute Gasteiger partial charge is 0.278 e. The Balaban J connectivity index is 1.63. The minimum atomic E-state index is -0.190. The van der Waals surface area contributed by atoms with E-state index < -0.39 is 0 Å². The Morgan fingerprint density at radius 3 is 2.74 bits per heavy atom. The average molecular weight is 453 g/mol. The number of carbonyl (C=O) groups is 1. The molecule has 2 heterocycles. The van der Waals surface area contributed by atoms with Crippen LogP contribution < -0.4 is 10.9 Å². The second-order valence-electron chi connectivity index (χ2n) is 7.03. The van der Waals surface area contributed by atoms with E-state index in [0.29, 0.717) is 33.4 Å². The molecule has 0 atom stereocenters. The van der Waals surface area contributed by atoms with Crippen LogP contribution in [-0.4, -0.2) is 26.2 Å². The minimum absolute atomic E-state index is 0.120. The first kappa shape index (κ1) is 21.2. The van der Waals surface area contributed by atoms with Crippen LogP contribution in [0.2, 0.25) is 5.02 Å². The van der Waals surface area contributed by atoms with Crippen LogP contribution in [0.5, 0.6) is 0 Å². The van der Waals surface area contributed by atoms with E-state index in [0.717, 1.165) is 16.7 Å². The lowest BCUT2D eigenvalue weighted by molar-refractivity contribution is -0.113. The number of nitrogens with zero attached hydrogens (tertiary/aromatic N) is 2. The summed E-state index contributed by atoms with van der Waals surface area (Å²) in [6, 6.07) is 15.1. The lowest BCUT2D eigenvalue weighted by atomic mass is 10.1. The number of anilines is 1. The second kappa shape index (κ2) is 8.99. The Bertz CT molecular complexity index is 1310. The summed E-state index contributed by atoms with van der Waals surface area (Å²) in [5.41, 5.74) is 4.35. The molecule has 0 aliphatic carbocycles. The van der Waals surface area contributed by atoms with Gasteiger partial charge >= 0.3 is 0 Å². The van der Waals surface area contributed by atoms with Gasteiger partial charge in [0, 0.05) is 29.0 Å². The molecule has 0 spiro atoms. The summed E-state index contributed by atoms with van der Waals surface area (Å²) in [4.78, 5) is 33.4. The summed E-state index contributed by atoms with van der Waals surface area (Å²) in [5, 5.41) is 3.94. The van der Waals surface area contributed by atoms with Crippen molar-refractivity contribution in [1.82, 2.24) is 14.5 Å². The second-order valence-corrected chi connectivity index (χ2v) is 8.41. The van der Waals surface area contributed by atoms with Crippen LogP contribution in [0.3, 0.4) is 0 Å². The first-order valence-electron chi connectivity index (χ1n) is 9.84. The van der Waals surface area contributed by atoms with Gasteiger partial charge in [0.2, 0.25) is 5.91 Å². The number of hydrogen-bond donors (Lipinski definition) is 2. The van der Waals surface area contributed by atoms with Crippen LogP contribution in [0.4, 0.5) is 5.69 Å². The molecule has 8 heteroatoms.